The Kier molecular flexibility index (Phi) is 4.57. The predicted octanol–water partition coefficient (Wildman–Crippen LogP) is 3.50. The second-order valence-corrected chi connectivity index (χ2v) is 8.07. The number of H-pyrrole nitrogens is 1. The van der Waals surface area contributed by atoms with Gasteiger partial charge < -0.3 is 25.0 Å². The Balaban J connectivity index is 1.32. The van der Waals surface area contributed by atoms with Crippen molar-refractivity contribution < 1.29 is 14.6 Å². The lowest BCUT2D eigenvalue weighted by molar-refractivity contribution is -0.115. The average molecular weight is 408 g/mol. The minimum Gasteiger partial charge on any atom is -0.508 e. The maximum absolute atomic E-state index is 12.6. The van der Waals surface area contributed by atoms with E-state index < -0.39 is 0 Å². The van der Waals surface area contributed by atoms with Gasteiger partial charge in [0.25, 0.3) is 0 Å². The molecule has 7 nitrogen and oxygen atoms in total. The van der Waals surface area contributed by atoms with Crippen LogP contribution in [0.15, 0.2) is 42.6 Å². The molecule has 5 rings (SSSR count). The van der Waals surface area contributed by atoms with Crippen molar-refractivity contribution in [3.05, 3.63) is 48.2 Å². The van der Waals surface area contributed by atoms with Crippen molar-refractivity contribution in [2.24, 2.45) is 0 Å². The van der Waals surface area contributed by atoms with Crippen molar-refractivity contribution in [3.63, 3.8) is 0 Å². The van der Waals surface area contributed by atoms with E-state index in [1.54, 1.807) is 24.4 Å². The summed E-state index contributed by atoms with van der Waals surface area (Å²) in [6, 6.07) is 11.3. The zero-order valence-electron chi connectivity index (χ0n) is 15.6. The van der Waals surface area contributed by atoms with Gasteiger partial charge in [-0.25, -0.2) is 4.98 Å². The fourth-order valence-electron chi connectivity index (χ4n) is 3.63. The molecule has 1 aliphatic rings. The molecule has 0 unspecified atom stereocenters. The first kappa shape index (κ1) is 18.0. The fraction of sp³-hybridized carbons (Fsp3) is 0.238. The van der Waals surface area contributed by atoms with E-state index >= 15 is 0 Å². The minimum atomic E-state index is -0.137. The second-order valence-electron chi connectivity index (χ2n) is 7.04. The van der Waals surface area contributed by atoms with Crippen molar-refractivity contribution in [2.75, 3.05) is 36.5 Å². The number of nitrogens with zero attached hydrogens (tertiary/aromatic N) is 2. The highest BCUT2D eigenvalue weighted by Gasteiger charge is 2.15. The molecule has 0 saturated carbocycles. The number of aromatic amines is 1. The Bertz CT molecular complexity index is 1190. The van der Waals surface area contributed by atoms with Gasteiger partial charge in [-0.3, -0.25) is 4.79 Å². The number of amides is 1. The monoisotopic (exact) mass is 408 g/mol. The van der Waals surface area contributed by atoms with E-state index in [9.17, 15) is 9.90 Å². The van der Waals surface area contributed by atoms with Gasteiger partial charge in [-0.05, 0) is 42.0 Å². The molecule has 4 aromatic rings. The normalized spacial score (nSPS) is 14.6. The lowest BCUT2D eigenvalue weighted by Gasteiger charge is -2.28. The number of benzene rings is 2. The molecule has 2 aromatic heterocycles. The number of phenols is 1. The maximum atomic E-state index is 12.6. The van der Waals surface area contributed by atoms with Gasteiger partial charge in [-0.2, -0.15) is 0 Å². The molecule has 0 spiro atoms. The molecule has 3 N–H and O–H groups in total. The summed E-state index contributed by atoms with van der Waals surface area (Å²) in [6.07, 6.45) is 2.01. The van der Waals surface area contributed by atoms with Crippen LogP contribution in [0.4, 0.5) is 10.8 Å². The molecular formula is C21H20N4O3S. The predicted molar refractivity (Wildman–Crippen MR) is 115 cm³/mol. The molecule has 1 amide bonds. The van der Waals surface area contributed by atoms with E-state index in [0.717, 1.165) is 58.7 Å². The zero-order valence-corrected chi connectivity index (χ0v) is 16.5. The first-order valence-electron chi connectivity index (χ1n) is 9.48. The number of hydrogen-bond donors (Lipinski definition) is 3. The number of hydrogen-bond acceptors (Lipinski definition) is 6. The standard InChI is InChI=1S/C21H20N4O3S/c26-15-2-4-17-16(11-15)13(12-22-17)9-20(27)24-21-23-18-3-1-14(10-19(18)29-21)25-5-7-28-8-6-25/h1-4,10-12,22,26H,5-9H2,(H,23,24,27). The highest BCUT2D eigenvalue weighted by Crippen LogP contribution is 2.30. The number of phenolic OH excluding ortho intramolecular Hbond substituents is 1. The lowest BCUT2D eigenvalue weighted by Crippen LogP contribution is -2.36. The van der Waals surface area contributed by atoms with Crippen LogP contribution in [0.5, 0.6) is 5.75 Å². The van der Waals surface area contributed by atoms with Crippen LogP contribution in [0.2, 0.25) is 0 Å². The second kappa shape index (κ2) is 7.38. The number of anilines is 2. The van der Waals surface area contributed by atoms with Gasteiger partial charge in [0, 0.05) is 35.9 Å². The number of fused-ring (bicyclic) bond motifs is 2. The van der Waals surface area contributed by atoms with E-state index in [-0.39, 0.29) is 18.1 Å². The van der Waals surface area contributed by atoms with Gasteiger partial charge in [0.05, 0.1) is 29.9 Å². The van der Waals surface area contributed by atoms with Crippen molar-refractivity contribution in [1.29, 1.82) is 0 Å². The van der Waals surface area contributed by atoms with Crippen molar-refractivity contribution >= 4 is 49.2 Å². The molecule has 2 aromatic carbocycles. The van der Waals surface area contributed by atoms with Crippen molar-refractivity contribution in [1.82, 2.24) is 9.97 Å². The molecule has 1 aliphatic heterocycles. The highest BCUT2D eigenvalue weighted by molar-refractivity contribution is 7.22. The Labute approximate surface area is 170 Å². The summed E-state index contributed by atoms with van der Waals surface area (Å²) in [7, 11) is 0. The number of aromatic hydroxyl groups is 1. The van der Waals surface area contributed by atoms with Gasteiger partial charge in [0.15, 0.2) is 5.13 Å². The van der Waals surface area contributed by atoms with E-state index in [2.05, 4.69) is 32.3 Å². The Morgan fingerprint density at radius 1 is 1.24 bits per heavy atom. The topological polar surface area (TPSA) is 90.5 Å². The third-order valence-electron chi connectivity index (χ3n) is 5.10. The molecule has 0 radical (unpaired) electrons. The van der Waals surface area contributed by atoms with E-state index in [0.29, 0.717) is 5.13 Å². The van der Waals surface area contributed by atoms with E-state index in [1.165, 1.54) is 11.3 Å². The number of rotatable bonds is 4. The molecule has 0 bridgehead atoms. The molecule has 0 aliphatic carbocycles. The van der Waals surface area contributed by atoms with Crippen LogP contribution >= 0.6 is 11.3 Å². The summed E-state index contributed by atoms with van der Waals surface area (Å²) in [5.74, 6) is 0.0442. The minimum absolute atomic E-state index is 0.137. The Morgan fingerprint density at radius 3 is 2.97 bits per heavy atom. The van der Waals surface area contributed by atoms with Crippen LogP contribution in [0.3, 0.4) is 0 Å². The maximum Gasteiger partial charge on any atom is 0.230 e. The van der Waals surface area contributed by atoms with Gasteiger partial charge >= 0.3 is 0 Å². The average Bonchev–Trinajstić information content (AvgIpc) is 3.31. The van der Waals surface area contributed by atoms with Crippen molar-refractivity contribution in [3.8, 4) is 5.75 Å². The van der Waals surface area contributed by atoms with Crippen LogP contribution in [-0.4, -0.2) is 47.3 Å². The first-order chi connectivity index (χ1) is 14.2. The largest absolute Gasteiger partial charge is 0.508 e. The SMILES string of the molecule is O=C(Cc1c[nH]c2ccc(O)cc12)Nc1nc2ccc(N3CCOCC3)cc2s1. The highest BCUT2D eigenvalue weighted by atomic mass is 32.1. The number of carbonyl (C=O) groups is 1. The first-order valence-corrected chi connectivity index (χ1v) is 10.3. The Hall–Kier alpha value is -3.10. The number of ether oxygens (including phenoxy) is 1. The molecule has 3 heterocycles. The lowest BCUT2D eigenvalue weighted by atomic mass is 10.1. The van der Waals surface area contributed by atoms with E-state index in [4.69, 9.17) is 4.74 Å². The molecular weight excluding hydrogens is 388 g/mol. The summed E-state index contributed by atoms with van der Waals surface area (Å²) in [6.45, 7) is 3.25. The Morgan fingerprint density at radius 2 is 2.10 bits per heavy atom. The smallest absolute Gasteiger partial charge is 0.230 e. The molecule has 0 atom stereocenters. The summed E-state index contributed by atoms with van der Waals surface area (Å²) < 4.78 is 6.46. The van der Waals surface area contributed by atoms with Crippen LogP contribution in [0.25, 0.3) is 21.1 Å². The number of aromatic nitrogens is 2. The third kappa shape index (κ3) is 3.64. The number of morpholine rings is 1. The van der Waals surface area contributed by atoms with E-state index in [1.807, 2.05) is 6.07 Å². The molecule has 8 heteroatoms. The fourth-order valence-corrected chi connectivity index (χ4v) is 4.55. The summed E-state index contributed by atoms with van der Waals surface area (Å²) in [5, 5.41) is 14.0. The van der Waals surface area contributed by atoms with Crippen LogP contribution in [0, 0.1) is 0 Å². The molecule has 1 saturated heterocycles. The summed E-state index contributed by atoms with van der Waals surface area (Å²) in [5.41, 5.74) is 3.76. The summed E-state index contributed by atoms with van der Waals surface area (Å²) in [4.78, 5) is 22.5. The zero-order chi connectivity index (χ0) is 19.8. The van der Waals surface area contributed by atoms with Gasteiger partial charge in [0.2, 0.25) is 5.91 Å². The van der Waals surface area contributed by atoms with Crippen molar-refractivity contribution in [2.45, 2.75) is 6.42 Å². The van der Waals surface area contributed by atoms with Gasteiger partial charge in [0.1, 0.15) is 5.75 Å². The quantitative estimate of drug-likeness (QED) is 0.481. The summed E-state index contributed by atoms with van der Waals surface area (Å²) >= 11 is 1.47. The van der Waals surface area contributed by atoms with Crippen LogP contribution < -0.4 is 10.2 Å². The van der Waals surface area contributed by atoms with Gasteiger partial charge in [-0.15, -0.1) is 0 Å². The third-order valence-corrected chi connectivity index (χ3v) is 6.03. The van der Waals surface area contributed by atoms with Gasteiger partial charge in [-0.1, -0.05) is 11.3 Å². The number of nitrogens with one attached hydrogen (secondary N) is 2. The van der Waals surface area contributed by atoms with Crippen LogP contribution in [0.1, 0.15) is 5.56 Å². The molecule has 29 heavy (non-hydrogen) atoms. The van der Waals surface area contributed by atoms with Crippen LogP contribution in [-0.2, 0) is 16.0 Å². The number of carbonyl (C=O) groups excluding carboxylic acids is 1. The molecule has 148 valence electrons. The number of thiazole rings is 1. The molecule has 1 fully saturated rings.